The molecule has 0 aliphatic rings. The van der Waals surface area contributed by atoms with E-state index in [0.29, 0.717) is 6.07 Å². The summed E-state index contributed by atoms with van der Waals surface area (Å²) in [6, 6.07) is 7.52. The Labute approximate surface area is 149 Å². The quantitative estimate of drug-likeness (QED) is 0.424. The number of non-ortho nitro benzene ring substituents is 1. The molecule has 10 heteroatoms. The second-order valence-electron chi connectivity index (χ2n) is 5.90. The minimum Gasteiger partial charge on any atom is -0.371 e. The molecule has 0 aromatic heterocycles. The van der Waals surface area contributed by atoms with Gasteiger partial charge in [-0.2, -0.15) is 8.42 Å². The number of aryl methyl sites for hydroxylation is 1. The first kappa shape index (κ1) is 19.3. The van der Waals surface area contributed by atoms with Crippen LogP contribution in [-0.2, 0) is 10.1 Å². The van der Waals surface area contributed by atoms with Crippen LogP contribution >= 0.6 is 0 Å². The predicted molar refractivity (Wildman–Crippen MR) is 92.8 cm³/mol. The minimum atomic E-state index is -4.35. The molecule has 0 fully saturated rings. The zero-order valence-electron chi connectivity index (χ0n) is 14.2. The van der Waals surface area contributed by atoms with Gasteiger partial charge in [-0.05, 0) is 25.0 Å². The molecule has 0 radical (unpaired) electrons. The Hall–Kier alpha value is -3.01. The van der Waals surface area contributed by atoms with Gasteiger partial charge in [-0.3, -0.25) is 20.2 Å². The van der Waals surface area contributed by atoms with Crippen molar-refractivity contribution in [1.29, 1.82) is 0 Å². The molecular weight excluding hydrogens is 364 g/mol. The number of rotatable bonds is 6. The second kappa shape index (κ2) is 7.08. The monoisotopic (exact) mass is 380 g/mol. The first-order chi connectivity index (χ1) is 12.0. The lowest BCUT2D eigenvalue weighted by Crippen LogP contribution is -2.13. The van der Waals surface area contributed by atoms with Gasteiger partial charge in [0, 0.05) is 11.6 Å². The third kappa shape index (κ3) is 3.97. The molecule has 0 aliphatic heterocycles. The molecule has 26 heavy (non-hydrogen) atoms. The number of hydrogen-bond acceptors (Lipinski definition) is 7. The van der Waals surface area contributed by atoms with Crippen molar-refractivity contribution in [2.24, 2.45) is 0 Å². The van der Waals surface area contributed by atoms with E-state index in [9.17, 15) is 28.6 Å². The highest BCUT2D eigenvalue weighted by Gasteiger charge is 2.31. The van der Waals surface area contributed by atoms with Crippen LogP contribution in [0.3, 0.4) is 0 Å². The van der Waals surface area contributed by atoms with Crippen LogP contribution in [0, 0.1) is 27.2 Å². The highest BCUT2D eigenvalue weighted by Crippen LogP contribution is 2.40. The summed E-state index contributed by atoms with van der Waals surface area (Å²) < 4.78 is 30.1. The molecule has 0 atom stereocenters. The van der Waals surface area contributed by atoms with Crippen LogP contribution in [0.5, 0.6) is 5.75 Å². The summed E-state index contributed by atoms with van der Waals surface area (Å²) in [6.45, 7) is 5.01. The first-order valence-corrected chi connectivity index (χ1v) is 8.91. The molecule has 0 N–H and O–H groups in total. The summed E-state index contributed by atoms with van der Waals surface area (Å²) in [5, 5.41) is 22.4. The van der Waals surface area contributed by atoms with Crippen LogP contribution in [0.4, 0.5) is 11.4 Å². The molecule has 2 aromatic rings. The van der Waals surface area contributed by atoms with Crippen molar-refractivity contribution in [3.63, 3.8) is 0 Å². The van der Waals surface area contributed by atoms with Gasteiger partial charge in [-0.25, -0.2) is 0 Å². The van der Waals surface area contributed by atoms with E-state index in [0.717, 1.165) is 11.6 Å². The molecule has 0 amide bonds. The zero-order chi connectivity index (χ0) is 19.6. The molecule has 0 aliphatic carbocycles. The lowest BCUT2D eigenvalue weighted by Gasteiger charge is -2.14. The van der Waals surface area contributed by atoms with Gasteiger partial charge in [0.25, 0.3) is 5.69 Å². The van der Waals surface area contributed by atoms with E-state index in [1.54, 1.807) is 32.9 Å². The standard InChI is InChI=1S/C16H16N2O7S/c1-10(2)14-8-12(17(19)20)9-15(18(21)22)16(14)25-26(23,24)13-6-4-11(3)5-7-13/h4-10H,1-3H3. The summed E-state index contributed by atoms with van der Waals surface area (Å²) in [7, 11) is -4.35. The minimum absolute atomic E-state index is 0.0570. The molecule has 9 nitrogen and oxygen atoms in total. The maximum Gasteiger partial charge on any atom is 0.339 e. The van der Waals surface area contributed by atoms with Crippen molar-refractivity contribution in [3.05, 3.63) is 67.8 Å². The van der Waals surface area contributed by atoms with E-state index in [-0.39, 0.29) is 10.5 Å². The van der Waals surface area contributed by atoms with Crippen molar-refractivity contribution in [2.45, 2.75) is 31.6 Å². The molecule has 0 heterocycles. The van der Waals surface area contributed by atoms with Gasteiger partial charge in [0.05, 0.1) is 15.9 Å². The molecule has 0 bridgehead atoms. The number of hydrogen-bond donors (Lipinski definition) is 0. The lowest BCUT2D eigenvalue weighted by molar-refractivity contribution is -0.394. The topological polar surface area (TPSA) is 130 Å². The Bertz CT molecular complexity index is 967. The van der Waals surface area contributed by atoms with Crippen molar-refractivity contribution in [2.75, 3.05) is 0 Å². The van der Waals surface area contributed by atoms with Crippen molar-refractivity contribution in [1.82, 2.24) is 0 Å². The summed E-state index contributed by atoms with van der Waals surface area (Å²) in [4.78, 5) is 20.5. The average molecular weight is 380 g/mol. The fourth-order valence-electron chi connectivity index (χ4n) is 2.24. The molecule has 0 saturated heterocycles. The van der Waals surface area contributed by atoms with Gasteiger partial charge in [0.2, 0.25) is 5.75 Å². The molecule has 0 unspecified atom stereocenters. The Morgan fingerprint density at radius 2 is 1.58 bits per heavy atom. The smallest absolute Gasteiger partial charge is 0.339 e. The largest absolute Gasteiger partial charge is 0.371 e. The number of nitrogens with zero attached hydrogens (tertiary/aromatic N) is 2. The summed E-state index contributed by atoms with van der Waals surface area (Å²) in [6.07, 6.45) is 0. The van der Waals surface area contributed by atoms with Gasteiger partial charge in [-0.1, -0.05) is 31.5 Å². The Morgan fingerprint density at radius 3 is 2.04 bits per heavy atom. The van der Waals surface area contributed by atoms with E-state index in [2.05, 4.69) is 0 Å². The van der Waals surface area contributed by atoms with Gasteiger partial charge < -0.3 is 4.18 Å². The summed E-state index contributed by atoms with van der Waals surface area (Å²) >= 11 is 0. The fourth-order valence-corrected chi connectivity index (χ4v) is 3.21. The molecule has 2 aromatic carbocycles. The van der Waals surface area contributed by atoms with Crippen molar-refractivity contribution >= 4 is 21.5 Å². The Morgan fingerprint density at radius 1 is 1.00 bits per heavy atom. The van der Waals surface area contributed by atoms with Crippen molar-refractivity contribution in [3.8, 4) is 5.75 Å². The van der Waals surface area contributed by atoms with Gasteiger partial charge in [0.1, 0.15) is 4.90 Å². The van der Waals surface area contributed by atoms with Crippen LogP contribution in [-0.4, -0.2) is 18.3 Å². The highest BCUT2D eigenvalue weighted by atomic mass is 32.2. The number of nitro groups is 2. The van der Waals surface area contributed by atoms with Crippen LogP contribution in [0.25, 0.3) is 0 Å². The summed E-state index contributed by atoms with van der Waals surface area (Å²) in [5.41, 5.74) is -0.409. The Kier molecular flexibility index (Phi) is 5.26. The third-order valence-electron chi connectivity index (χ3n) is 3.62. The van der Waals surface area contributed by atoms with Crippen molar-refractivity contribution < 1.29 is 22.4 Å². The van der Waals surface area contributed by atoms with Gasteiger partial charge >= 0.3 is 15.8 Å². The Balaban J connectivity index is 2.65. The fraction of sp³-hybridized carbons (Fsp3) is 0.250. The van der Waals surface area contributed by atoms with E-state index in [1.807, 2.05) is 0 Å². The normalized spacial score (nSPS) is 11.4. The predicted octanol–water partition coefficient (Wildman–Crippen LogP) is 3.70. The SMILES string of the molecule is Cc1ccc(S(=O)(=O)Oc2c(C(C)C)cc([N+](=O)[O-])cc2[N+](=O)[O-])cc1. The van der Waals surface area contributed by atoms with Crippen LogP contribution in [0.2, 0.25) is 0 Å². The van der Waals surface area contributed by atoms with E-state index < -0.39 is 43.0 Å². The van der Waals surface area contributed by atoms with Crippen LogP contribution < -0.4 is 4.18 Å². The average Bonchev–Trinajstić information content (AvgIpc) is 2.54. The molecule has 138 valence electrons. The maximum atomic E-state index is 12.5. The summed E-state index contributed by atoms with van der Waals surface area (Å²) in [5.74, 6) is -0.965. The lowest BCUT2D eigenvalue weighted by atomic mass is 10.0. The molecule has 0 spiro atoms. The number of nitro benzene ring substituents is 2. The molecular formula is C16H16N2O7S. The first-order valence-electron chi connectivity index (χ1n) is 7.51. The van der Waals surface area contributed by atoms with Gasteiger partial charge in [0.15, 0.2) is 0 Å². The second-order valence-corrected chi connectivity index (χ2v) is 7.45. The number of benzene rings is 2. The van der Waals surface area contributed by atoms with E-state index in [1.165, 1.54) is 12.1 Å². The third-order valence-corrected chi connectivity index (χ3v) is 4.85. The zero-order valence-corrected chi connectivity index (χ0v) is 15.0. The van der Waals surface area contributed by atoms with Gasteiger partial charge in [-0.15, -0.1) is 0 Å². The van der Waals surface area contributed by atoms with Crippen LogP contribution in [0.15, 0.2) is 41.3 Å². The molecule has 2 rings (SSSR count). The van der Waals surface area contributed by atoms with Crippen LogP contribution in [0.1, 0.15) is 30.9 Å². The van der Waals surface area contributed by atoms with E-state index >= 15 is 0 Å². The maximum absolute atomic E-state index is 12.5. The highest BCUT2D eigenvalue weighted by molar-refractivity contribution is 7.87. The molecule has 0 saturated carbocycles. The van der Waals surface area contributed by atoms with E-state index in [4.69, 9.17) is 4.18 Å².